The molecule has 0 unspecified atom stereocenters. The van der Waals surface area contributed by atoms with E-state index in [1.54, 1.807) is 0 Å². The second-order valence-electron chi connectivity index (χ2n) is 8.53. The molecule has 1 saturated carbocycles. The number of rotatable bonds is 6. The minimum atomic E-state index is -1.53. The van der Waals surface area contributed by atoms with E-state index in [4.69, 9.17) is 0 Å². The van der Waals surface area contributed by atoms with E-state index in [0.717, 1.165) is 41.7 Å². The largest absolute Gasteiger partial charge is 0.362 e. The van der Waals surface area contributed by atoms with Crippen molar-refractivity contribution in [3.8, 4) is 0 Å². The minimum Gasteiger partial charge on any atom is -0.362 e. The van der Waals surface area contributed by atoms with Crippen LogP contribution in [0.25, 0.3) is 10.9 Å². The Labute approximate surface area is 190 Å². The van der Waals surface area contributed by atoms with Crippen molar-refractivity contribution < 1.29 is 18.0 Å². The number of benzene rings is 2. The maximum Gasteiger partial charge on any atom is 0.225 e. The molecule has 0 bridgehead atoms. The zero-order valence-corrected chi connectivity index (χ0v) is 18.5. The molecular formula is C24H26F3N5O. The number of amides is 1. The summed E-state index contributed by atoms with van der Waals surface area (Å²) in [5, 5.41) is 7.02. The average molecular weight is 458 g/mol. The number of nitrogens with zero attached hydrogens (tertiary/aromatic N) is 3. The van der Waals surface area contributed by atoms with Crippen LogP contribution in [0, 0.1) is 23.4 Å². The van der Waals surface area contributed by atoms with Crippen LogP contribution in [0.5, 0.6) is 0 Å². The van der Waals surface area contributed by atoms with E-state index >= 15 is 0 Å². The van der Waals surface area contributed by atoms with Crippen molar-refractivity contribution in [3.05, 3.63) is 59.4 Å². The maximum absolute atomic E-state index is 13.8. The molecule has 0 saturated heterocycles. The van der Waals surface area contributed by atoms with Crippen LogP contribution in [0.4, 0.5) is 24.9 Å². The molecule has 0 radical (unpaired) electrons. The SMILES string of the molecule is CN(C)c1nc(N[C@H]2CC[C@@H](C(=O)NCc3ccc(F)c(F)c3F)CC2)nc2ccccc12. The molecule has 1 aliphatic rings. The number of hydrogen-bond donors (Lipinski definition) is 2. The molecular weight excluding hydrogens is 431 g/mol. The van der Waals surface area contributed by atoms with Gasteiger partial charge in [-0.05, 0) is 43.9 Å². The Morgan fingerprint density at radius 2 is 1.73 bits per heavy atom. The number of para-hydroxylation sites is 1. The number of anilines is 2. The fourth-order valence-corrected chi connectivity index (χ4v) is 4.18. The third kappa shape index (κ3) is 5.02. The molecule has 1 heterocycles. The first kappa shape index (κ1) is 22.8. The van der Waals surface area contributed by atoms with Crippen LogP contribution in [0.3, 0.4) is 0 Å². The predicted molar refractivity (Wildman–Crippen MR) is 121 cm³/mol. The quantitative estimate of drug-likeness (QED) is 0.537. The van der Waals surface area contributed by atoms with Crippen molar-refractivity contribution in [2.24, 2.45) is 5.92 Å². The van der Waals surface area contributed by atoms with Gasteiger partial charge in [-0.1, -0.05) is 18.2 Å². The lowest BCUT2D eigenvalue weighted by atomic mass is 9.85. The summed E-state index contributed by atoms with van der Waals surface area (Å²) < 4.78 is 40.2. The summed E-state index contributed by atoms with van der Waals surface area (Å²) in [6.07, 6.45) is 2.81. The number of fused-ring (bicyclic) bond motifs is 1. The Hall–Kier alpha value is -3.36. The standard InChI is InChI=1S/C24H26F3N5O/c1-32(2)22-17-5-3-4-6-19(17)30-24(31-22)29-16-10-7-14(8-11-16)23(33)28-13-15-9-12-18(25)21(27)20(15)26/h3-6,9,12,14,16H,7-8,10-11,13H2,1-2H3,(H,28,33)(H,29,30,31)/t14-,16+. The highest BCUT2D eigenvalue weighted by atomic mass is 19.2. The fraction of sp³-hybridized carbons (Fsp3) is 0.375. The van der Waals surface area contributed by atoms with Crippen molar-refractivity contribution in [1.82, 2.24) is 15.3 Å². The molecule has 2 aromatic carbocycles. The van der Waals surface area contributed by atoms with Gasteiger partial charge in [0.1, 0.15) is 5.82 Å². The highest BCUT2D eigenvalue weighted by molar-refractivity contribution is 5.90. The van der Waals surface area contributed by atoms with Crippen LogP contribution < -0.4 is 15.5 Å². The van der Waals surface area contributed by atoms with Crippen LogP contribution in [0.1, 0.15) is 31.2 Å². The van der Waals surface area contributed by atoms with E-state index in [1.807, 2.05) is 43.3 Å². The van der Waals surface area contributed by atoms with Gasteiger partial charge in [-0.25, -0.2) is 18.2 Å². The topological polar surface area (TPSA) is 70.2 Å². The summed E-state index contributed by atoms with van der Waals surface area (Å²) in [7, 11) is 3.88. The van der Waals surface area contributed by atoms with Crippen LogP contribution in [-0.2, 0) is 11.3 Å². The Balaban J connectivity index is 1.34. The number of aromatic nitrogens is 2. The van der Waals surface area contributed by atoms with Crippen molar-refractivity contribution in [1.29, 1.82) is 0 Å². The zero-order valence-electron chi connectivity index (χ0n) is 18.5. The van der Waals surface area contributed by atoms with Gasteiger partial charge in [-0.3, -0.25) is 4.79 Å². The maximum atomic E-state index is 13.8. The van der Waals surface area contributed by atoms with E-state index < -0.39 is 17.5 Å². The number of halogens is 3. The molecule has 4 rings (SSSR count). The van der Waals surface area contributed by atoms with Crippen LogP contribution >= 0.6 is 0 Å². The third-order valence-electron chi connectivity index (χ3n) is 6.01. The fourth-order valence-electron chi connectivity index (χ4n) is 4.18. The first-order valence-electron chi connectivity index (χ1n) is 10.9. The van der Waals surface area contributed by atoms with Gasteiger partial charge in [0.05, 0.1) is 5.52 Å². The monoisotopic (exact) mass is 457 g/mol. The summed E-state index contributed by atoms with van der Waals surface area (Å²) in [4.78, 5) is 23.8. The van der Waals surface area contributed by atoms with Crippen molar-refractivity contribution >= 4 is 28.6 Å². The van der Waals surface area contributed by atoms with Gasteiger partial charge in [-0.2, -0.15) is 4.98 Å². The smallest absolute Gasteiger partial charge is 0.225 e. The molecule has 1 amide bonds. The molecule has 0 aliphatic heterocycles. The molecule has 1 fully saturated rings. The lowest BCUT2D eigenvalue weighted by Gasteiger charge is -2.28. The van der Waals surface area contributed by atoms with Crippen LogP contribution in [-0.4, -0.2) is 36.0 Å². The van der Waals surface area contributed by atoms with E-state index in [1.165, 1.54) is 0 Å². The number of carbonyl (C=O) groups is 1. The normalized spacial score (nSPS) is 18.2. The van der Waals surface area contributed by atoms with Crippen LogP contribution in [0.15, 0.2) is 36.4 Å². The van der Waals surface area contributed by atoms with Gasteiger partial charge in [0.2, 0.25) is 11.9 Å². The van der Waals surface area contributed by atoms with Gasteiger partial charge in [0, 0.05) is 43.5 Å². The number of hydrogen-bond acceptors (Lipinski definition) is 5. The van der Waals surface area contributed by atoms with Gasteiger partial charge in [0.15, 0.2) is 17.5 Å². The van der Waals surface area contributed by atoms with E-state index in [2.05, 4.69) is 20.6 Å². The highest BCUT2D eigenvalue weighted by Crippen LogP contribution is 2.28. The van der Waals surface area contributed by atoms with Gasteiger partial charge >= 0.3 is 0 Å². The van der Waals surface area contributed by atoms with Gasteiger partial charge in [0.25, 0.3) is 0 Å². The molecule has 0 atom stereocenters. The summed E-state index contributed by atoms with van der Waals surface area (Å²) >= 11 is 0. The second-order valence-corrected chi connectivity index (χ2v) is 8.53. The molecule has 33 heavy (non-hydrogen) atoms. The Kier molecular flexibility index (Phi) is 6.67. The number of nitrogens with one attached hydrogen (secondary N) is 2. The molecule has 1 aromatic heterocycles. The predicted octanol–water partition coefficient (Wildman–Crippen LogP) is 4.40. The minimum absolute atomic E-state index is 0.0808. The zero-order chi connectivity index (χ0) is 23.5. The molecule has 6 nitrogen and oxygen atoms in total. The van der Waals surface area contributed by atoms with Gasteiger partial charge < -0.3 is 15.5 Å². The summed E-state index contributed by atoms with van der Waals surface area (Å²) in [6.45, 7) is -0.182. The molecule has 9 heteroatoms. The van der Waals surface area contributed by atoms with Crippen molar-refractivity contribution in [2.45, 2.75) is 38.3 Å². The molecule has 2 N–H and O–H groups in total. The Morgan fingerprint density at radius 3 is 2.45 bits per heavy atom. The number of carbonyl (C=O) groups excluding carboxylic acids is 1. The molecule has 174 valence electrons. The van der Waals surface area contributed by atoms with Crippen molar-refractivity contribution in [3.63, 3.8) is 0 Å². The average Bonchev–Trinajstić information content (AvgIpc) is 2.82. The van der Waals surface area contributed by atoms with Gasteiger partial charge in [-0.15, -0.1) is 0 Å². The Bertz CT molecular complexity index is 1160. The summed E-state index contributed by atoms with van der Waals surface area (Å²) in [5.41, 5.74) is 0.777. The van der Waals surface area contributed by atoms with E-state index in [9.17, 15) is 18.0 Å². The van der Waals surface area contributed by atoms with Crippen LogP contribution in [0.2, 0.25) is 0 Å². The third-order valence-corrected chi connectivity index (χ3v) is 6.01. The Morgan fingerprint density at radius 1 is 1.00 bits per heavy atom. The lowest BCUT2D eigenvalue weighted by molar-refractivity contribution is -0.126. The van der Waals surface area contributed by atoms with Crippen molar-refractivity contribution in [2.75, 3.05) is 24.3 Å². The molecule has 3 aromatic rings. The lowest BCUT2D eigenvalue weighted by Crippen LogP contribution is -2.36. The highest BCUT2D eigenvalue weighted by Gasteiger charge is 2.27. The van der Waals surface area contributed by atoms with E-state index in [0.29, 0.717) is 18.8 Å². The second kappa shape index (κ2) is 9.64. The molecule has 1 aliphatic carbocycles. The summed E-state index contributed by atoms with van der Waals surface area (Å²) in [6, 6.07) is 9.96. The molecule has 0 spiro atoms. The first-order chi connectivity index (χ1) is 15.8. The van der Waals surface area contributed by atoms with E-state index in [-0.39, 0.29) is 30.0 Å². The first-order valence-corrected chi connectivity index (χ1v) is 10.9. The summed E-state index contributed by atoms with van der Waals surface area (Å²) in [5.74, 6) is -3.08.